The van der Waals surface area contributed by atoms with E-state index in [-0.39, 0.29) is 22.4 Å². The SMILES string of the molecule is N#Cc1ccc(/C=C/C(=O)c2cccc(Br)c2O)c(F)c1. The van der Waals surface area contributed by atoms with Gasteiger partial charge < -0.3 is 5.11 Å². The Labute approximate surface area is 129 Å². The highest BCUT2D eigenvalue weighted by atomic mass is 79.9. The van der Waals surface area contributed by atoms with Crippen molar-refractivity contribution < 1.29 is 14.3 Å². The predicted molar refractivity (Wildman–Crippen MR) is 80.3 cm³/mol. The maximum atomic E-state index is 13.7. The topological polar surface area (TPSA) is 61.1 Å². The standard InChI is InChI=1S/C16H9BrFNO2/c17-13-3-1-2-12(16(13)21)15(20)7-6-11-5-4-10(9-19)8-14(11)18/h1-8,21H/b7-6+. The molecule has 3 nitrogen and oxygen atoms in total. The highest BCUT2D eigenvalue weighted by Gasteiger charge is 2.10. The van der Waals surface area contributed by atoms with E-state index in [1.807, 2.05) is 6.07 Å². The molecular formula is C16H9BrFNO2. The van der Waals surface area contributed by atoms with Gasteiger partial charge in [0.1, 0.15) is 11.6 Å². The molecule has 0 atom stereocenters. The van der Waals surface area contributed by atoms with E-state index in [1.165, 1.54) is 30.4 Å². The number of carbonyl (C=O) groups is 1. The molecule has 0 aliphatic rings. The predicted octanol–water partition coefficient (Wildman–Crippen LogP) is 4.06. The molecule has 0 radical (unpaired) electrons. The van der Waals surface area contributed by atoms with Crippen molar-refractivity contribution in [1.82, 2.24) is 0 Å². The molecule has 21 heavy (non-hydrogen) atoms. The van der Waals surface area contributed by atoms with Crippen LogP contribution in [0.5, 0.6) is 5.75 Å². The number of hydrogen-bond donors (Lipinski definition) is 1. The highest BCUT2D eigenvalue weighted by molar-refractivity contribution is 9.10. The molecule has 0 saturated carbocycles. The molecule has 0 bridgehead atoms. The lowest BCUT2D eigenvalue weighted by molar-refractivity contribution is 0.104. The van der Waals surface area contributed by atoms with Crippen molar-refractivity contribution in [3.63, 3.8) is 0 Å². The third kappa shape index (κ3) is 3.36. The maximum Gasteiger partial charge on any atom is 0.189 e. The summed E-state index contributed by atoms with van der Waals surface area (Å²) < 4.78 is 14.1. The summed E-state index contributed by atoms with van der Waals surface area (Å²) in [5.74, 6) is -1.19. The first-order chi connectivity index (χ1) is 10.0. The van der Waals surface area contributed by atoms with Gasteiger partial charge in [-0.15, -0.1) is 0 Å². The highest BCUT2D eigenvalue weighted by Crippen LogP contribution is 2.28. The van der Waals surface area contributed by atoms with Gasteiger partial charge in [-0.2, -0.15) is 5.26 Å². The fourth-order valence-corrected chi connectivity index (χ4v) is 2.07. The van der Waals surface area contributed by atoms with Crippen molar-refractivity contribution in [3.05, 3.63) is 69.5 Å². The average molecular weight is 346 g/mol. The second kappa shape index (κ2) is 6.33. The van der Waals surface area contributed by atoms with Crippen LogP contribution in [0.1, 0.15) is 21.5 Å². The largest absolute Gasteiger partial charge is 0.506 e. The number of hydrogen-bond acceptors (Lipinski definition) is 3. The maximum absolute atomic E-state index is 13.7. The molecule has 0 saturated heterocycles. The Morgan fingerprint density at radius 1 is 1.33 bits per heavy atom. The molecule has 0 unspecified atom stereocenters. The zero-order valence-electron chi connectivity index (χ0n) is 10.7. The number of para-hydroxylation sites is 1. The van der Waals surface area contributed by atoms with Gasteiger partial charge in [0.2, 0.25) is 0 Å². The normalized spacial score (nSPS) is 10.5. The van der Waals surface area contributed by atoms with E-state index in [2.05, 4.69) is 15.9 Å². The Hall–Kier alpha value is -2.45. The lowest BCUT2D eigenvalue weighted by Crippen LogP contribution is -1.95. The molecular weight excluding hydrogens is 337 g/mol. The molecule has 0 amide bonds. The van der Waals surface area contributed by atoms with Crippen LogP contribution < -0.4 is 0 Å². The number of rotatable bonds is 3. The smallest absolute Gasteiger partial charge is 0.189 e. The van der Waals surface area contributed by atoms with Crippen LogP contribution in [0, 0.1) is 17.1 Å². The van der Waals surface area contributed by atoms with E-state index < -0.39 is 11.6 Å². The first-order valence-corrected chi connectivity index (χ1v) is 6.72. The number of nitrogens with zero attached hydrogens (tertiary/aromatic N) is 1. The summed E-state index contributed by atoms with van der Waals surface area (Å²) in [5, 5.41) is 18.4. The van der Waals surface area contributed by atoms with Gasteiger partial charge in [0.05, 0.1) is 21.7 Å². The summed E-state index contributed by atoms with van der Waals surface area (Å²) in [5.41, 5.74) is 0.520. The van der Waals surface area contributed by atoms with Gasteiger partial charge in [-0.1, -0.05) is 12.1 Å². The van der Waals surface area contributed by atoms with E-state index in [0.29, 0.717) is 4.47 Å². The molecule has 2 aromatic rings. The van der Waals surface area contributed by atoms with E-state index in [1.54, 1.807) is 12.1 Å². The number of aromatic hydroxyl groups is 1. The first kappa shape index (κ1) is 14.9. The summed E-state index contributed by atoms with van der Waals surface area (Å²) >= 11 is 3.12. The number of ketones is 1. The van der Waals surface area contributed by atoms with Gasteiger partial charge in [-0.05, 0) is 52.3 Å². The molecule has 0 fully saturated rings. The minimum Gasteiger partial charge on any atom is -0.506 e. The minimum absolute atomic E-state index is 0.120. The number of phenols is 1. The fourth-order valence-electron chi connectivity index (χ4n) is 1.70. The number of carbonyl (C=O) groups excluding carboxylic acids is 1. The van der Waals surface area contributed by atoms with Gasteiger partial charge in [-0.3, -0.25) is 4.79 Å². The van der Waals surface area contributed by atoms with Crippen LogP contribution in [0.25, 0.3) is 6.08 Å². The Morgan fingerprint density at radius 2 is 2.10 bits per heavy atom. The molecule has 0 aliphatic heterocycles. The molecule has 2 aromatic carbocycles. The fraction of sp³-hybridized carbons (Fsp3) is 0. The zero-order valence-corrected chi connectivity index (χ0v) is 12.3. The summed E-state index contributed by atoms with van der Waals surface area (Å²) in [7, 11) is 0. The summed E-state index contributed by atoms with van der Waals surface area (Å²) in [4.78, 5) is 12.0. The van der Waals surface area contributed by atoms with Crippen LogP contribution in [0.2, 0.25) is 0 Å². The van der Waals surface area contributed by atoms with E-state index in [0.717, 1.165) is 6.07 Å². The number of allylic oxidation sites excluding steroid dienone is 1. The van der Waals surface area contributed by atoms with Crippen LogP contribution in [0.4, 0.5) is 4.39 Å². The van der Waals surface area contributed by atoms with E-state index >= 15 is 0 Å². The van der Waals surface area contributed by atoms with Crippen molar-refractivity contribution in [2.45, 2.75) is 0 Å². The second-order valence-electron chi connectivity index (χ2n) is 4.18. The number of benzene rings is 2. The van der Waals surface area contributed by atoms with E-state index in [4.69, 9.17) is 5.26 Å². The van der Waals surface area contributed by atoms with Crippen LogP contribution in [0.15, 0.2) is 46.9 Å². The van der Waals surface area contributed by atoms with Crippen molar-refractivity contribution >= 4 is 27.8 Å². The van der Waals surface area contributed by atoms with Gasteiger partial charge in [0.25, 0.3) is 0 Å². The van der Waals surface area contributed by atoms with Gasteiger partial charge >= 0.3 is 0 Å². The van der Waals surface area contributed by atoms with Crippen LogP contribution >= 0.6 is 15.9 Å². The third-order valence-corrected chi connectivity index (χ3v) is 3.44. The molecule has 0 spiro atoms. The van der Waals surface area contributed by atoms with Crippen LogP contribution in [-0.4, -0.2) is 10.9 Å². The van der Waals surface area contributed by atoms with Gasteiger partial charge in [-0.25, -0.2) is 4.39 Å². The Morgan fingerprint density at radius 3 is 2.76 bits per heavy atom. The van der Waals surface area contributed by atoms with Crippen molar-refractivity contribution in [3.8, 4) is 11.8 Å². The Kier molecular flexibility index (Phi) is 4.51. The van der Waals surface area contributed by atoms with E-state index in [9.17, 15) is 14.3 Å². The van der Waals surface area contributed by atoms with Crippen molar-refractivity contribution in [1.29, 1.82) is 5.26 Å². The molecule has 1 N–H and O–H groups in total. The van der Waals surface area contributed by atoms with Gasteiger partial charge in [0, 0.05) is 5.56 Å². The molecule has 0 aromatic heterocycles. The third-order valence-electron chi connectivity index (χ3n) is 2.80. The summed E-state index contributed by atoms with van der Waals surface area (Å²) in [6, 6.07) is 10.5. The quantitative estimate of drug-likeness (QED) is 0.673. The average Bonchev–Trinajstić information content (AvgIpc) is 2.48. The monoisotopic (exact) mass is 345 g/mol. The molecule has 104 valence electrons. The second-order valence-corrected chi connectivity index (χ2v) is 5.04. The minimum atomic E-state index is -0.587. The molecule has 0 aliphatic carbocycles. The summed E-state index contributed by atoms with van der Waals surface area (Å²) in [6.07, 6.45) is 2.48. The Balaban J connectivity index is 2.27. The molecule has 2 rings (SSSR count). The van der Waals surface area contributed by atoms with Crippen LogP contribution in [-0.2, 0) is 0 Å². The lowest BCUT2D eigenvalue weighted by atomic mass is 10.1. The number of phenolic OH excluding ortho intramolecular Hbond substituents is 1. The summed E-state index contributed by atoms with van der Waals surface area (Å²) in [6.45, 7) is 0. The lowest BCUT2D eigenvalue weighted by Gasteiger charge is -2.02. The number of halogens is 2. The number of nitriles is 1. The zero-order chi connectivity index (χ0) is 15.4. The molecule has 5 heteroatoms. The van der Waals surface area contributed by atoms with Crippen molar-refractivity contribution in [2.24, 2.45) is 0 Å². The van der Waals surface area contributed by atoms with Crippen molar-refractivity contribution in [2.75, 3.05) is 0 Å². The molecule has 0 heterocycles. The van der Waals surface area contributed by atoms with Gasteiger partial charge in [0.15, 0.2) is 5.78 Å². The first-order valence-electron chi connectivity index (χ1n) is 5.92. The Bertz CT molecular complexity index is 778. The van der Waals surface area contributed by atoms with Crippen LogP contribution in [0.3, 0.4) is 0 Å².